The molecule has 0 aromatic heterocycles. The molecule has 3 nitrogen and oxygen atoms in total. The highest BCUT2D eigenvalue weighted by Gasteiger charge is 2.07. The number of aromatic hydroxyl groups is 1. The molecule has 12 heavy (non-hydrogen) atoms. The van der Waals surface area contributed by atoms with Gasteiger partial charge in [-0.2, -0.15) is 0 Å². The summed E-state index contributed by atoms with van der Waals surface area (Å²) < 4.78 is 5.10. The number of ether oxygens (including phenoxy) is 1. The number of methoxy groups -OCH3 is 1. The molecule has 0 unspecified atom stereocenters. The Labute approximate surface area is 72.0 Å². The minimum atomic E-state index is 0.278. The highest BCUT2D eigenvalue weighted by molar-refractivity contribution is 5.65. The van der Waals surface area contributed by atoms with Crippen LogP contribution in [0.25, 0.3) is 0 Å². The van der Waals surface area contributed by atoms with Crippen molar-refractivity contribution in [3.63, 3.8) is 0 Å². The zero-order chi connectivity index (χ0) is 9.14. The van der Waals surface area contributed by atoms with Crippen molar-refractivity contribution in [3.05, 3.63) is 17.7 Å². The first-order chi connectivity index (χ1) is 5.70. The first-order valence-corrected chi connectivity index (χ1v) is 3.75. The van der Waals surface area contributed by atoms with Crippen LogP contribution in [-0.2, 0) is 0 Å². The number of benzene rings is 1. The van der Waals surface area contributed by atoms with Gasteiger partial charge in [0.25, 0.3) is 0 Å². The van der Waals surface area contributed by atoms with Crippen LogP contribution in [-0.4, -0.2) is 19.3 Å². The van der Waals surface area contributed by atoms with Crippen LogP contribution in [0.1, 0.15) is 5.56 Å². The maximum absolute atomic E-state index is 9.36. The molecule has 3 heteroatoms. The summed E-state index contributed by atoms with van der Waals surface area (Å²) in [6.45, 7) is 1.84. The third-order valence-electron chi connectivity index (χ3n) is 1.87. The quantitative estimate of drug-likeness (QED) is 0.705. The van der Waals surface area contributed by atoms with E-state index in [0.29, 0.717) is 0 Å². The molecule has 0 aliphatic rings. The van der Waals surface area contributed by atoms with E-state index in [1.165, 1.54) is 0 Å². The summed E-state index contributed by atoms with van der Waals surface area (Å²) in [5.74, 6) is 1.02. The first kappa shape index (κ1) is 8.71. The topological polar surface area (TPSA) is 41.5 Å². The normalized spacial score (nSPS) is 9.58. The molecule has 0 spiro atoms. The number of nitrogens with one attached hydrogen (secondary N) is 1. The Kier molecular flexibility index (Phi) is 2.43. The monoisotopic (exact) mass is 167 g/mol. The average molecular weight is 167 g/mol. The predicted octanol–water partition coefficient (Wildman–Crippen LogP) is 1.75. The van der Waals surface area contributed by atoms with Gasteiger partial charge in [-0.05, 0) is 19.1 Å². The van der Waals surface area contributed by atoms with Gasteiger partial charge in [0.15, 0.2) is 0 Å². The summed E-state index contributed by atoms with van der Waals surface area (Å²) in [5.41, 5.74) is 1.63. The Bertz CT molecular complexity index is 284. The molecule has 0 atom stereocenters. The van der Waals surface area contributed by atoms with E-state index in [-0.39, 0.29) is 5.75 Å². The minimum absolute atomic E-state index is 0.278. The van der Waals surface area contributed by atoms with Crippen molar-refractivity contribution < 1.29 is 9.84 Å². The molecule has 0 amide bonds. The average Bonchev–Trinajstić information content (AvgIpc) is 2.09. The lowest BCUT2D eigenvalue weighted by Gasteiger charge is -2.11. The lowest BCUT2D eigenvalue weighted by atomic mass is 10.1. The van der Waals surface area contributed by atoms with E-state index in [2.05, 4.69) is 5.32 Å². The van der Waals surface area contributed by atoms with Gasteiger partial charge in [-0.1, -0.05) is 0 Å². The van der Waals surface area contributed by atoms with E-state index in [0.717, 1.165) is 17.0 Å². The zero-order valence-electron chi connectivity index (χ0n) is 7.51. The van der Waals surface area contributed by atoms with Crippen molar-refractivity contribution in [1.82, 2.24) is 0 Å². The van der Waals surface area contributed by atoms with Crippen molar-refractivity contribution in [2.24, 2.45) is 0 Å². The Balaban J connectivity index is 3.25. The summed E-state index contributed by atoms with van der Waals surface area (Å²) in [4.78, 5) is 0. The third kappa shape index (κ3) is 1.30. The van der Waals surface area contributed by atoms with Crippen LogP contribution in [0, 0.1) is 6.92 Å². The second-order valence-corrected chi connectivity index (χ2v) is 2.54. The smallest absolute Gasteiger partial charge is 0.142 e. The van der Waals surface area contributed by atoms with Crippen molar-refractivity contribution in [2.75, 3.05) is 19.5 Å². The maximum atomic E-state index is 9.36. The lowest BCUT2D eigenvalue weighted by Crippen LogP contribution is -1.96. The summed E-state index contributed by atoms with van der Waals surface area (Å²) in [6.07, 6.45) is 0. The van der Waals surface area contributed by atoms with Crippen LogP contribution in [0.2, 0.25) is 0 Å². The lowest BCUT2D eigenvalue weighted by molar-refractivity contribution is 0.413. The summed E-state index contributed by atoms with van der Waals surface area (Å²) in [7, 11) is 3.40. The van der Waals surface area contributed by atoms with Crippen LogP contribution >= 0.6 is 0 Å². The molecule has 0 fully saturated rings. The van der Waals surface area contributed by atoms with Crippen LogP contribution in [0.15, 0.2) is 12.1 Å². The van der Waals surface area contributed by atoms with Gasteiger partial charge in [0.1, 0.15) is 11.5 Å². The van der Waals surface area contributed by atoms with Gasteiger partial charge < -0.3 is 15.2 Å². The molecule has 1 aromatic rings. The molecule has 2 N–H and O–H groups in total. The van der Waals surface area contributed by atoms with Crippen molar-refractivity contribution in [2.45, 2.75) is 6.92 Å². The van der Waals surface area contributed by atoms with E-state index in [1.54, 1.807) is 26.3 Å². The fourth-order valence-electron chi connectivity index (χ4n) is 1.16. The summed E-state index contributed by atoms with van der Waals surface area (Å²) in [6, 6.07) is 3.35. The molecule has 0 aliphatic heterocycles. The number of rotatable bonds is 2. The Morgan fingerprint density at radius 1 is 1.42 bits per heavy atom. The van der Waals surface area contributed by atoms with Gasteiger partial charge in [0.05, 0.1) is 12.8 Å². The van der Waals surface area contributed by atoms with Crippen LogP contribution in [0.3, 0.4) is 0 Å². The highest BCUT2D eigenvalue weighted by Crippen LogP contribution is 2.33. The number of hydrogen-bond donors (Lipinski definition) is 2. The van der Waals surface area contributed by atoms with E-state index < -0.39 is 0 Å². The molecule has 0 aliphatic carbocycles. The van der Waals surface area contributed by atoms with E-state index >= 15 is 0 Å². The third-order valence-corrected chi connectivity index (χ3v) is 1.87. The molecule has 0 bridgehead atoms. The van der Waals surface area contributed by atoms with E-state index in [4.69, 9.17) is 4.74 Å². The van der Waals surface area contributed by atoms with Gasteiger partial charge in [-0.25, -0.2) is 0 Å². The summed E-state index contributed by atoms with van der Waals surface area (Å²) in [5, 5.41) is 12.3. The number of anilines is 1. The molecular formula is C9H13NO2. The number of phenolic OH excluding ortho intramolecular Hbond substituents is 1. The second kappa shape index (κ2) is 3.34. The predicted molar refractivity (Wildman–Crippen MR) is 48.9 cm³/mol. The van der Waals surface area contributed by atoms with Gasteiger partial charge in [0, 0.05) is 12.6 Å². The Morgan fingerprint density at radius 3 is 2.58 bits per heavy atom. The molecule has 0 radical (unpaired) electrons. The largest absolute Gasteiger partial charge is 0.508 e. The first-order valence-electron chi connectivity index (χ1n) is 3.75. The van der Waals surface area contributed by atoms with E-state index in [9.17, 15) is 5.11 Å². The van der Waals surface area contributed by atoms with Crippen LogP contribution in [0.4, 0.5) is 5.69 Å². The molecule has 0 saturated carbocycles. The number of hydrogen-bond acceptors (Lipinski definition) is 3. The van der Waals surface area contributed by atoms with Gasteiger partial charge in [-0.3, -0.25) is 0 Å². The molecular weight excluding hydrogens is 154 g/mol. The minimum Gasteiger partial charge on any atom is -0.508 e. The number of phenols is 1. The summed E-state index contributed by atoms with van der Waals surface area (Å²) >= 11 is 0. The Hall–Kier alpha value is -1.38. The molecule has 0 saturated heterocycles. The zero-order valence-corrected chi connectivity index (χ0v) is 7.51. The molecule has 66 valence electrons. The highest BCUT2D eigenvalue weighted by atomic mass is 16.5. The SMILES string of the molecule is CNc1c(OC)ccc(O)c1C. The maximum Gasteiger partial charge on any atom is 0.142 e. The molecule has 1 rings (SSSR count). The standard InChI is InChI=1S/C9H13NO2/c1-6-7(11)4-5-8(12-3)9(6)10-2/h4-5,10-11H,1-3H3. The van der Waals surface area contributed by atoms with Gasteiger partial charge >= 0.3 is 0 Å². The second-order valence-electron chi connectivity index (χ2n) is 2.54. The van der Waals surface area contributed by atoms with Crippen molar-refractivity contribution >= 4 is 5.69 Å². The van der Waals surface area contributed by atoms with Gasteiger partial charge in [0.2, 0.25) is 0 Å². The van der Waals surface area contributed by atoms with Gasteiger partial charge in [-0.15, -0.1) is 0 Å². The fourth-order valence-corrected chi connectivity index (χ4v) is 1.16. The fraction of sp³-hybridized carbons (Fsp3) is 0.333. The van der Waals surface area contributed by atoms with Crippen molar-refractivity contribution in [1.29, 1.82) is 0 Å². The van der Waals surface area contributed by atoms with Crippen LogP contribution < -0.4 is 10.1 Å². The van der Waals surface area contributed by atoms with Crippen molar-refractivity contribution in [3.8, 4) is 11.5 Å². The molecule has 0 heterocycles. The van der Waals surface area contributed by atoms with E-state index in [1.807, 2.05) is 6.92 Å². The molecule has 1 aromatic carbocycles. The van der Waals surface area contributed by atoms with Crippen LogP contribution in [0.5, 0.6) is 11.5 Å². The Morgan fingerprint density at radius 2 is 2.08 bits per heavy atom.